The van der Waals surface area contributed by atoms with Crippen LogP contribution in [0.2, 0.25) is 0 Å². The van der Waals surface area contributed by atoms with E-state index in [2.05, 4.69) is 22.6 Å². The van der Waals surface area contributed by atoms with Gasteiger partial charge in [0.2, 0.25) is 0 Å². The van der Waals surface area contributed by atoms with Crippen molar-refractivity contribution in [3.05, 3.63) is 49.0 Å². The first kappa shape index (κ1) is 24.2. The summed E-state index contributed by atoms with van der Waals surface area (Å²) in [6, 6.07) is 0. The highest BCUT2D eigenvalue weighted by Gasteiger charge is 1.98. The summed E-state index contributed by atoms with van der Waals surface area (Å²) in [7, 11) is 0. The molecule has 0 rings (SSSR count). The summed E-state index contributed by atoms with van der Waals surface area (Å²) in [5.74, 6) is -0.763. The van der Waals surface area contributed by atoms with Crippen molar-refractivity contribution in [1.82, 2.24) is 0 Å². The van der Waals surface area contributed by atoms with E-state index in [-0.39, 0.29) is 11.9 Å². The average molecular weight is 314 g/mol. The molecule has 0 aliphatic carbocycles. The van der Waals surface area contributed by atoms with Gasteiger partial charge >= 0.3 is 18.1 Å². The molecule has 2 N–H and O–H groups in total. The van der Waals surface area contributed by atoms with Gasteiger partial charge in [-0.2, -0.15) is 0 Å². The molecule has 0 aliphatic rings. The van der Waals surface area contributed by atoms with Crippen molar-refractivity contribution in [3.63, 3.8) is 0 Å². The van der Waals surface area contributed by atoms with Crippen molar-refractivity contribution >= 4 is 18.1 Å². The Morgan fingerprint density at radius 3 is 1.18 bits per heavy atom. The molecular formula is C15H22O7. The zero-order valence-electron chi connectivity index (χ0n) is 13.2. The van der Waals surface area contributed by atoms with Crippen molar-refractivity contribution in [1.29, 1.82) is 0 Å². The van der Waals surface area contributed by atoms with Crippen LogP contribution in [0.3, 0.4) is 0 Å². The minimum Gasteiger partial charge on any atom is -0.450 e. The van der Waals surface area contributed by atoms with E-state index in [9.17, 15) is 9.59 Å². The van der Waals surface area contributed by atoms with Crippen LogP contribution in [0.1, 0.15) is 27.7 Å². The maximum Gasteiger partial charge on any atom is 0.503 e. The van der Waals surface area contributed by atoms with Crippen LogP contribution in [0, 0.1) is 0 Å². The van der Waals surface area contributed by atoms with Gasteiger partial charge in [-0.3, -0.25) is 0 Å². The van der Waals surface area contributed by atoms with E-state index in [1.54, 1.807) is 39.8 Å². The molecule has 0 unspecified atom stereocenters. The van der Waals surface area contributed by atoms with E-state index < -0.39 is 6.16 Å². The molecular weight excluding hydrogens is 292 g/mol. The molecule has 0 atom stereocenters. The number of ether oxygens (including phenoxy) is 2. The topological polar surface area (TPSA) is 110 Å². The molecule has 0 saturated carbocycles. The van der Waals surface area contributed by atoms with Gasteiger partial charge in [0.05, 0.1) is 12.5 Å². The Kier molecular flexibility index (Phi) is 17.9. The molecule has 22 heavy (non-hydrogen) atoms. The number of hydrogen-bond acceptors (Lipinski definition) is 5. The summed E-state index contributed by atoms with van der Waals surface area (Å²) >= 11 is 0. The summed E-state index contributed by atoms with van der Waals surface area (Å²) in [5, 5.41) is 13.9. The molecule has 0 amide bonds. The van der Waals surface area contributed by atoms with Gasteiger partial charge in [0.25, 0.3) is 0 Å². The number of allylic oxidation sites excluding steroid dienone is 2. The van der Waals surface area contributed by atoms with Crippen LogP contribution >= 0.6 is 0 Å². The second-order valence-electron chi connectivity index (χ2n) is 3.59. The number of rotatable bonds is 4. The Bertz CT molecular complexity index is 405. The number of esters is 2. The highest BCUT2D eigenvalue weighted by molar-refractivity contribution is 5.87. The van der Waals surface area contributed by atoms with Gasteiger partial charge in [-0.1, -0.05) is 25.3 Å². The van der Waals surface area contributed by atoms with Crippen molar-refractivity contribution in [3.8, 4) is 0 Å². The van der Waals surface area contributed by atoms with Crippen LogP contribution in [-0.4, -0.2) is 28.3 Å². The lowest BCUT2D eigenvalue weighted by atomic mass is 10.4. The van der Waals surface area contributed by atoms with Gasteiger partial charge in [-0.15, -0.1) is 0 Å². The van der Waals surface area contributed by atoms with E-state index in [1.807, 2.05) is 0 Å². The molecule has 0 radical (unpaired) electrons. The lowest BCUT2D eigenvalue weighted by molar-refractivity contribution is -0.134. The van der Waals surface area contributed by atoms with Crippen molar-refractivity contribution < 1.29 is 34.1 Å². The third-order valence-electron chi connectivity index (χ3n) is 1.32. The fourth-order valence-corrected chi connectivity index (χ4v) is 0.461. The van der Waals surface area contributed by atoms with Gasteiger partial charge in [0, 0.05) is 11.1 Å². The van der Waals surface area contributed by atoms with Crippen molar-refractivity contribution in [2.45, 2.75) is 27.7 Å². The first-order chi connectivity index (χ1) is 10.1. The number of carboxylic acid groups (broad SMARTS) is 2. The van der Waals surface area contributed by atoms with E-state index >= 15 is 0 Å². The van der Waals surface area contributed by atoms with Crippen molar-refractivity contribution in [2.75, 3.05) is 0 Å². The smallest absolute Gasteiger partial charge is 0.450 e. The minimum atomic E-state index is -1.83. The maximum atomic E-state index is 10.5. The molecule has 0 fully saturated rings. The number of carbonyl (C=O) groups excluding carboxylic acids is 2. The molecule has 0 saturated heterocycles. The quantitative estimate of drug-likeness (QED) is 0.464. The third-order valence-corrected chi connectivity index (χ3v) is 1.32. The fourth-order valence-electron chi connectivity index (χ4n) is 0.461. The zero-order chi connectivity index (χ0) is 18.1. The van der Waals surface area contributed by atoms with Crippen LogP contribution in [-0.2, 0) is 19.1 Å². The molecule has 0 aromatic rings. The standard InChI is InChI=1S/2C7H10O2.CH2O3/c2*1-4-5-9-7(8)6(2)3;2-1(3)4/h2*4-5H,2H2,1,3H3;(H2,2,3,4). The van der Waals surface area contributed by atoms with E-state index in [1.165, 1.54) is 12.5 Å². The molecule has 0 bridgehead atoms. The number of carbonyl (C=O) groups is 3. The van der Waals surface area contributed by atoms with Gasteiger partial charge in [-0.25, -0.2) is 14.4 Å². The second-order valence-corrected chi connectivity index (χ2v) is 3.59. The maximum absolute atomic E-state index is 10.5. The SMILES string of the molecule is C=C(C)C(=O)OC=CC.C=C(C)C(=O)OC=CC.O=C(O)O. The molecule has 0 aromatic heterocycles. The van der Waals surface area contributed by atoms with E-state index in [4.69, 9.17) is 15.0 Å². The molecule has 0 spiro atoms. The van der Waals surface area contributed by atoms with Crippen LogP contribution in [0.4, 0.5) is 4.79 Å². The van der Waals surface area contributed by atoms with Crippen LogP contribution in [0.5, 0.6) is 0 Å². The van der Waals surface area contributed by atoms with Gasteiger partial charge in [0.1, 0.15) is 0 Å². The Hall–Kier alpha value is -2.83. The number of hydrogen-bond donors (Lipinski definition) is 2. The summed E-state index contributed by atoms with van der Waals surface area (Å²) in [6.45, 7) is 13.5. The Morgan fingerprint density at radius 2 is 1.05 bits per heavy atom. The highest BCUT2D eigenvalue weighted by atomic mass is 16.6. The molecule has 7 heteroatoms. The highest BCUT2D eigenvalue weighted by Crippen LogP contribution is 1.92. The normalized spacial score (nSPS) is 8.91. The first-order valence-electron chi connectivity index (χ1n) is 5.97. The summed E-state index contributed by atoms with van der Waals surface area (Å²) in [6.07, 6.45) is 4.11. The molecule has 124 valence electrons. The second kappa shape index (κ2) is 16.2. The lowest BCUT2D eigenvalue weighted by Crippen LogP contribution is -1.98. The van der Waals surface area contributed by atoms with Crippen LogP contribution < -0.4 is 0 Å². The third kappa shape index (κ3) is 25.9. The van der Waals surface area contributed by atoms with E-state index in [0.717, 1.165) is 0 Å². The van der Waals surface area contributed by atoms with Crippen LogP contribution in [0.25, 0.3) is 0 Å². The first-order valence-corrected chi connectivity index (χ1v) is 5.97. The van der Waals surface area contributed by atoms with Crippen molar-refractivity contribution in [2.24, 2.45) is 0 Å². The minimum absolute atomic E-state index is 0.381. The van der Waals surface area contributed by atoms with Gasteiger partial charge < -0.3 is 19.7 Å². The predicted octanol–water partition coefficient (Wildman–Crippen LogP) is 3.50. The Morgan fingerprint density at radius 1 is 0.818 bits per heavy atom. The van der Waals surface area contributed by atoms with Gasteiger partial charge in [-0.05, 0) is 27.7 Å². The van der Waals surface area contributed by atoms with Gasteiger partial charge in [0.15, 0.2) is 0 Å². The molecule has 7 nitrogen and oxygen atoms in total. The summed E-state index contributed by atoms with van der Waals surface area (Å²) in [4.78, 5) is 29.6. The predicted molar refractivity (Wildman–Crippen MR) is 82.1 cm³/mol. The van der Waals surface area contributed by atoms with Crippen LogP contribution in [0.15, 0.2) is 49.0 Å². The Labute approximate surface area is 129 Å². The average Bonchev–Trinajstić information content (AvgIpc) is 2.41. The molecule has 0 heterocycles. The Balaban J connectivity index is -0.000000266. The largest absolute Gasteiger partial charge is 0.503 e. The zero-order valence-corrected chi connectivity index (χ0v) is 13.2. The summed E-state index contributed by atoms with van der Waals surface area (Å²) < 4.78 is 9.07. The molecule has 0 aromatic carbocycles. The monoisotopic (exact) mass is 314 g/mol. The summed E-state index contributed by atoms with van der Waals surface area (Å²) in [5.41, 5.74) is 0.821. The van der Waals surface area contributed by atoms with E-state index in [0.29, 0.717) is 11.1 Å². The molecule has 0 aliphatic heterocycles. The lowest BCUT2D eigenvalue weighted by Gasteiger charge is -1.93. The fraction of sp³-hybridized carbons (Fsp3) is 0.267.